The van der Waals surface area contributed by atoms with Crippen LogP contribution < -0.4 is 5.32 Å². The third-order valence-electron chi connectivity index (χ3n) is 4.01. The van der Waals surface area contributed by atoms with Crippen molar-refractivity contribution in [2.75, 3.05) is 13.1 Å². The first-order chi connectivity index (χ1) is 7.84. The minimum Gasteiger partial charge on any atom is -0.317 e. The van der Waals surface area contributed by atoms with Crippen molar-refractivity contribution in [2.45, 2.75) is 50.9 Å². The minimum absolute atomic E-state index is 0.785. The highest BCUT2D eigenvalue weighted by Gasteiger charge is 2.26. The summed E-state index contributed by atoms with van der Waals surface area (Å²) in [6, 6.07) is 0. The van der Waals surface area contributed by atoms with Gasteiger partial charge in [-0.25, -0.2) is 4.98 Å². The molecular weight excluding hydrogens is 216 g/mol. The maximum absolute atomic E-state index is 4.81. The Morgan fingerprint density at radius 1 is 1.12 bits per heavy atom. The zero-order valence-electron chi connectivity index (χ0n) is 9.96. The van der Waals surface area contributed by atoms with Crippen molar-refractivity contribution in [3.63, 3.8) is 0 Å². The number of hydrogen-bond donors (Lipinski definition) is 1. The van der Waals surface area contributed by atoms with Crippen molar-refractivity contribution in [3.05, 3.63) is 15.6 Å². The van der Waals surface area contributed by atoms with Gasteiger partial charge in [0.2, 0.25) is 0 Å². The van der Waals surface area contributed by atoms with Crippen molar-refractivity contribution >= 4 is 11.3 Å². The number of aromatic nitrogens is 1. The number of nitrogens with zero attached hydrogens (tertiary/aromatic N) is 1. The highest BCUT2D eigenvalue weighted by molar-refractivity contribution is 7.12. The lowest BCUT2D eigenvalue weighted by Crippen LogP contribution is -2.26. The Morgan fingerprint density at radius 3 is 2.50 bits per heavy atom. The molecule has 88 valence electrons. The molecule has 1 aliphatic heterocycles. The highest BCUT2D eigenvalue weighted by Crippen LogP contribution is 2.41. The molecule has 1 aliphatic carbocycles. The lowest BCUT2D eigenvalue weighted by molar-refractivity contribution is 0.418. The van der Waals surface area contributed by atoms with Gasteiger partial charge in [-0.05, 0) is 51.6 Å². The quantitative estimate of drug-likeness (QED) is 0.853. The van der Waals surface area contributed by atoms with E-state index in [0.717, 1.165) is 11.8 Å². The molecule has 0 radical (unpaired) electrons. The first-order valence-corrected chi connectivity index (χ1v) is 7.34. The number of aryl methyl sites for hydroxylation is 1. The SMILES string of the molecule is Cc1nc(C2CCC2)sc1C1CCNCC1. The summed E-state index contributed by atoms with van der Waals surface area (Å²) in [5.41, 5.74) is 1.32. The molecule has 1 aromatic rings. The molecule has 1 saturated carbocycles. The van der Waals surface area contributed by atoms with Crippen LogP contribution in [0.5, 0.6) is 0 Å². The molecular formula is C13H20N2S. The van der Waals surface area contributed by atoms with Crippen LogP contribution in [0.3, 0.4) is 0 Å². The number of rotatable bonds is 2. The summed E-state index contributed by atoms with van der Waals surface area (Å²) < 4.78 is 0. The molecule has 3 rings (SSSR count). The molecule has 2 heterocycles. The van der Waals surface area contributed by atoms with E-state index in [4.69, 9.17) is 4.98 Å². The maximum Gasteiger partial charge on any atom is 0.0961 e. The molecule has 2 fully saturated rings. The molecule has 1 saturated heterocycles. The van der Waals surface area contributed by atoms with Gasteiger partial charge in [-0.2, -0.15) is 0 Å². The maximum atomic E-state index is 4.81. The largest absolute Gasteiger partial charge is 0.317 e. The molecule has 0 amide bonds. The molecule has 16 heavy (non-hydrogen) atoms. The van der Waals surface area contributed by atoms with Crippen LogP contribution in [0.25, 0.3) is 0 Å². The van der Waals surface area contributed by atoms with Gasteiger partial charge < -0.3 is 5.32 Å². The molecule has 0 spiro atoms. The zero-order chi connectivity index (χ0) is 11.0. The molecule has 0 aromatic carbocycles. The van der Waals surface area contributed by atoms with E-state index in [1.165, 1.54) is 55.9 Å². The van der Waals surface area contributed by atoms with Gasteiger partial charge in [0.25, 0.3) is 0 Å². The summed E-state index contributed by atoms with van der Waals surface area (Å²) in [4.78, 5) is 6.39. The molecule has 1 N–H and O–H groups in total. The molecule has 0 atom stereocenters. The van der Waals surface area contributed by atoms with E-state index in [0.29, 0.717) is 0 Å². The molecule has 1 aromatic heterocycles. The lowest BCUT2D eigenvalue weighted by Gasteiger charge is -2.23. The van der Waals surface area contributed by atoms with Gasteiger partial charge in [0, 0.05) is 10.8 Å². The van der Waals surface area contributed by atoms with Crippen LogP contribution in [-0.4, -0.2) is 18.1 Å². The van der Waals surface area contributed by atoms with E-state index in [2.05, 4.69) is 12.2 Å². The van der Waals surface area contributed by atoms with Gasteiger partial charge in [0.05, 0.1) is 10.7 Å². The Bertz CT molecular complexity index is 362. The molecule has 2 aliphatic rings. The lowest BCUT2D eigenvalue weighted by atomic mass is 9.86. The first-order valence-electron chi connectivity index (χ1n) is 6.52. The van der Waals surface area contributed by atoms with Gasteiger partial charge >= 0.3 is 0 Å². The summed E-state index contributed by atoms with van der Waals surface area (Å²) in [7, 11) is 0. The number of thiazole rings is 1. The van der Waals surface area contributed by atoms with E-state index in [1.807, 2.05) is 11.3 Å². The van der Waals surface area contributed by atoms with Gasteiger partial charge in [0.1, 0.15) is 0 Å². The third-order valence-corrected chi connectivity index (χ3v) is 5.50. The van der Waals surface area contributed by atoms with E-state index >= 15 is 0 Å². The standard InChI is InChI=1S/C13H20N2S/c1-9-12(10-5-7-14-8-6-10)16-13(15-9)11-3-2-4-11/h10-11,14H,2-8H2,1H3. The van der Waals surface area contributed by atoms with E-state index < -0.39 is 0 Å². The van der Waals surface area contributed by atoms with Crippen LogP contribution in [0.1, 0.15) is 59.5 Å². The smallest absolute Gasteiger partial charge is 0.0961 e. The first kappa shape index (κ1) is 10.7. The second-order valence-corrected chi connectivity index (χ2v) is 6.22. The van der Waals surface area contributed by atoms with Crippen molar-refractivity contribution in [1.82, 2.24) is 10.3 Å². The normalized spacial score (nSPS) is 23.3. The fraction of sp³-hybridized carbons (Fsp3) is 0.769. The Morgan fingerprint density at radius 2 is 1.88 bits per heavy atom. The molecule has 3 heteroatoms. The number of hydrogen-bond acceptors (Lipinski definition) is 3. The average Bonchev–Trinajstić information content (AvgIpc) is 2.59. The summed E-state index contributed by atoms with van der Waals surface area (Å²) in [5, 5.41) is 4.87. The fourth-order valence-corrected chi connectivity index (χ4v) is 4.13. The predicted octanol–water partition coefficient (Wildman–Crippen LogP) is 3.19. The summed E-state index contributed by atoms with van der Waals surface area (Å²) in [5.74, 6) is 1.59. The summed E-state index contributed by atoms with van der Waals surface area (Å²) in [6.45, 7) is 4.57. The fourth-order valence-electron chi connectivity index (χ4n) is 2.72. The van der Waals surface area contributed by atoms with Gasteiger partial charge in [0.15, 0.2) is 0 Å². The molecule has 2 nitrogen and oxygen atoms in total. The minimum atomic E-state index is 0.785. The number of piperidine rings is 1. The van der Waals surface area contributed by atoms with Crippen molar-refractivity contribution < 1.29 is 0 Å². The van der Waals surface area contributed by atoms with Gasteiger partial charge in [-0.1, -0.05) is 6.42 Å². The van der Waals surface area contributed by atoms with E-state index in [1.54, 1.807) is 4.88 Å². The average molecular weight is 236 g/mol. The van der Waals surface area contributed by atoms with Crippen LogP contribution >= 0.6 is 11.3 Å². The zero-order valence-corrected chi connectivity index (χ0v) is 10.8. The molecule has 0 unspecified atom stereocenters. The summed E-state index contributed by atoms with van der Waals surface area (Å²) in [6.07, 6.45) is 6.75. The second kappa shape index (κ2) is 4.46. The Kier molecular flexibility index (Phi) is 2.99. The van der Waals surface area contributed by atoms with Gasteiger partial charge in [-0.3, -0.25) is 0 Å². The van der Waals surface area contributed by atoms with Crippen LogP contribution in [-0.2, 0) is 0 Å². The monoisotopic (exact) mass is 236 g/mol. The Balaban J connectivity index is 1.79. The Hall–Kier alpha value is -0.410. The van der Waals surface area contributed by atoms with E-state index in [9.17, 15) is 0 Å². The predicted molar refractivity (Wildman–Crippen MR) is 68.3 cm³/mol. The van der Waals surface area contributed by atoms with Crippen LogP contribution in [0, 0.1) is 6.92 Å². The van der Waals surface area contributed by atoms with Gasteiger partial charge in [-0.15, -0.1) is 11.3 Å². The van der Waals surface area contributed by atoms with Crippen LogP contribution in [0.4, 0.5) is 0 Å². The second-order valence-electron chi connectivity index (χ2n) is 5.15. The van der Waals surface area contributed by atoms with Crippen LogP contribution in [0.15, 0.2) is 0 Å². The summed E-state index contributed by atoms with van der Waals surface area (Å²) >= 11 is 2.01. The number of nitrogens with one attached hydrogen (secondary N) is 1. The van der Waals surface area contributed by atoms with Crippen molar-refractivity contribution in [3.8, 4) is 0 Å². The van der Waals surface area contributed by atoms with Crippen molar-refractivity contribution in [1.29, 1.82) is 0 Å². The molecule has 0 bridgehead atoms. The topological polar surface area (TPSA) is 24.9 Å². The van der Waals surface area contributed by atoms with Crippen molar-refractivity contribution in [2.24, 2.45) is 0 Å². The third kappa shape index (κ3) is 1.91. The highest BCUT2D eigenvalue weighted by atomic mass is 32.1. The van der Waals surface area contributed by atoms with E-state index in [-0.39, 0.29) is 0 Å². The Labute approximate surface area is 101 Å². The van der Waals surface area contributed by atoms with Crippen LogP contribution in [0.2, 0.25) is 0 Å².